The van der Waals surface area contributed by atoms with Gasteiger partial charge in [0.05, 0.1) is 12.7 Å². The van der Waals surface area contributed by atoms with Gasteiger partial charge in [0.1, 0.15) is 11.3 Å². The highest BCUT2D eigenvalue weighted by atomic mass is 16.5. The molecule has 4 rings (SSSR count). The van der Waals surface area contributed by atoms with E-state index in [0.29, 0.717) is 5.75 Å². The molecule has 146 valence electrons. The molecule has 29 heavy (non-hydrogen) atoms. The van der Waals surface area contributed by atoms with E-state index in [4.69, 9.17) is 9.15 Å². The number of carbonyl (C=O) groups excluding carboxylic acids is 2. The molecule has 0 bridgehead atoms. The fraction of sp³-hybridized carbons (Fsp3) is 0.130. The Morgan fingerprint density at radius 3 is 2.55 bits per heavy atom. The third-order valence-electron chi connectivity index (χ3n) is 4.68. The number of hydrogen-bond acceptors (Lipinski definition) is 4. The van der Waals surface area contributed by atoms with Gasteiger partial charge in [-0.3, -0.25) is 20.4 Å². The van der Waals surface area contributed by atoms with Crippen LogP contribution in [0.1, 0.15) is 11.1 Å². The summed E-state index contributed by atoms with van der Waals surface area (Å²) in [6, 6.07) is 19.2. The van der Waals surface area contributed by atoms with Crippen molar-refractivity contribution >= 4 is 33.6 Å². The molecule has 1 heterocycles. The van der Waals surface area contributed by atoms with E-state index in [1.807, 2.05) is 61.5 Å². The maximum atomic E-state index is 12.3. The molecule has 0 aliphatic carbocycles. The van der Waals surface area contributed by atoms with Gasteiger partial charge in [-0.2, -0.15) is 0 Å². The van der Waals surface area contributed by atoms with Gasteiger partial charge in [0.15, 0.2) is 6.61 Å². The van der Waals surface area contributed by atoms with Crippen LogP contribution in [-0.2, 0) is 16.0 Å². The first-order chi connectivity index (χ1) is 14.1. The molecule has 0 radical (unpaired) electrons. The van der Waals surface area contributed by atoms with Gasteiger partial charge in [0.25, 0.3) is 5.91 Å². The number of furan rings is 1. The Labute approximate surface area is 167 Å². The summed E-state index contributed by atoms with van der Waals surface area (Å²) in [4.78, 5) is 24.3. The maximum Gasteiger partial charge on any atom is 0.276 e. The quantitative estimate of drug-likeness (QED) is 0.511. The minimum absolute atomic E-state index is 0.0833. The minimum Gasteiger partial charge on any atom is -0.483 e. The van der Waals surface area contributed by atoms with E-state index in [1.54, 1.807) is 12.3 Å². The molecule has 0 saturated carbocycles. The van der Waals surface area contributed by atoms with E-state index in [-0.39, 0.29) is 18.9 Å². The molecule has 4 aromatic rings. The van der Waals surface area contributed by atoms with Gasteiger partial charge in [-0.05, 0) is 35.4 Å². The number of carbonyl (C=O) groups is 2. The summed E-state index contributed by atoms with van der Waals surface area (Å²) in [5.74, 6) is -0.153. The summed E-state index contributed by atoms with van der Waals surface area (Å²) in [5.41, 5.74) is 7.22. The third-order valence-corrected chi connectivity index (χ3v) is 4.68. The number of hydrazine groups is 1. The summed E-state index contributed by atoms with van der Waals surface area (Å²) in [6.45, 7) is 1.71. The third kappa shape index (κ3) is 4.06. The first kappa shape index (κ1) is 18.6. The lowest BCUT2D eigenvalue weighted by molar-refractivity contribution is -0.129. The summed E-state index contributed by atoms with van der Waals surface area (Å²) in [5, 5.41) is 3.01. The smallest absolute Gasteiger partial charge is 0.276 e. The highest BCUT2D eigenvalue weighted by molar-refractivity contribution is 6.08. The van der Waals surface area contributed by atoms with Gasteiger partial charge >= 0.3 is 0 Å². The van der Waals surface area contributed by atoms with Gasteiger partial charge in [0, 0.05) is 10.9 Å². The van der Waals surface area contributed by atoms with Crippen molar-refractivity contribution in [2.45, 2.75) is 13.3 Å². The number of ether oxygens (including phenoxy) is 1. The van der Waals surface area contributed by atoms with Crippen molar-refractivity contribution in [1.82, 2.24) is 10.9 Å². The van der Waals surface area contributed by atoms with Crippen LogP contribution in [0.4, 0.5) is 0 Å². The molecule has 2 amide bonds. The second-order valence-electron chi connectivity index (χ2n) is 6.75. The molecular formula is C23H20N2O4. The van der Waals surface area contributed by atoms with Gasteiger partial charge in [0.2, 0.25) is 5.91 Å². The Bertz CT molecular complexity index is 1200. The van der Waals surface area contributed by atoms with Crippen LogP contribution in [0.5, 0.6) is 5.75 Å². The lowest BCUT2D eigenvalue weighted by Gasteiger charge is -2.10. The number of hydrogen-bond donors (Lipinski definition) is 2. The van der Waals surface area contributed by atoms with E-state index in [9.17, 15) is 9.59 Å². The number of amides is 2. The Hall–Kier alpha value is -3.80. The molecule has 0 spiro atoms. The number of fused-ring (bicyclic) bond motifs is 3. The number of benzene rings is 3. The van der Waals surface area contributed by atoms with E-state index in [1.165, 1.54) is 0 Å². The molecule has 0 unspecified atom stereocenters. The topological polar surface area (TPSA) is 80.6 Å². The highest BCUT2D eigenvalue weighted by Gasteiger charge is 2.14. The number of para-hydroxylation sites is 1. The molecule has 0 aliphatic heterocycles. The van der Waals surface area contributed by atoms with E-state index in [2.05, 4.69) is 10.9 Å². The molecule has 1 aromatic heterocycles. The minimum atomic E-state index is -0.441. The second-order valence-corrected chi connectivity index (χ2v) is 6.75. The zero-order valence-electron chi connectivity index (χ0n) is 15.9. The number of aryl methyl sites for hydroxylation is 1. The maximum absolute atomic E-state index is 12.3. The highest BCUT2D eigenvalue weighted by Crippen LogP contribution is 2.30. The molecule has 0 fully saturated rings. The average Bonchev–Trinajstić information content (AvgIpc) is 3.15. The first-order valence-corrected chi connectivity index (χ1v) is 9.26. The predicted octanol–water partition coefficient (Wildman–Crippen LogP) is 3.66. The van der Waals surface area contributed by atoms with Crippen molar-refractivity contribution in [1.29, 1.82) is 0 Å². The van der Waals surface area contributed by atoms with Crippen molar-refractivity contribution in [2.24, 2.45) is 0 Å². The van der Waals surface area contributed by atoms with Crippen LogP contribution >= 0.6 is 0 Å². The summed E-state index contributed by atoms with van der Waals surface area (Å²) < 4.78 is 11.1. The molecule has 0 saturated heterocycles. The molecule has 6 heteroatoms. The van der Waals surface area contributed by atoms with Crippen LogP contribution in [0.3, 0.4) is 0 Å². The Morgan fingerprint density at radius 2 is 1.69 bits per heavy atom. The molecule has 0 atom stereocenters. The Kier molecular flexibility index (Phi) is 5.16. The largest absolute Gasteiger partial charge is 0.483 e. The van der Waals surface area contributed by atoms with Crippen molar-refractivity contribution in [3.8, 4) is 5.75 Å². The number of nitrogens with one attached hydrogen (secondary N) is 2. The summed E-state index contributed by atoms with van der Waals surface area (Å²) in [7, 11) is 0. The van der Waals surface area contributed by atoms with Gasteiger partial charge in [-0.25, -0.2) is 0 Å². The lowest BCUT2D eigenvalue weighted by Crippen LogP contribution is -2.44. The fourth-order valence-electron chi connectivity index (χ4n) is 3.26. The van der Waals surface area contributed by atoms with Crippen LogP contribution < -0.4 is 15.6 Å². The normalized spacial score (nSPS) is 10.8. The van der Waals surface area contributed by atoms with Crippen LogP contribution in [0.2, 0.25) is 0 Å². The van der Waals surface area contributed by atoms with Crippen molar-refractivity contribution < 1.29 is 18.7 Å². The second kappa shape index (κ2) is 8.06. The van der Waals surface area contributed by atoms with Crippen LogP contribution in [0.25, 0.3) is 21.7 Å². The SMILES string of the molecule is Cc1ccccc1OCC(=O)NNC(=O)Cc1coc2ccc3ccccc3c12. The molecule has 2 N–H and O–H groups in total. The van der Waals surface area contributed by atoms with Crippen molar-refractivity contribution in [2.75, 3.05) is 6.61 Å². The number of rotatable bonds is 5. The van der Waals surface area contributed by atoms with Crippen LogP contribution in [0, 0.1) is 6.92 Å². The van der Waals surface area contributed by atoms with Crippen LogP contribution in [0.15, 0.2) is 71.3 Å². The van der Waals surface area contributed by atoms with Gasteiger partial charge in [-0.1, -0.05) is 48.5 Å². The average molecular weight is 388 g/mol. The van der Waals surface area contributed by atoms with E-state index >= 15 is 0 Å². The monoisotopic (exact) mass is 388 g/mol. The van der Waals surface area contributed by atoms with Gasteiger partial charge in [-0.15, -0.1) is 0 Å². The first-order valence-electron chi connectivity index (χ1n) is 9.26. The zero-order valence-corrected chi connectivity index (χ0v) is 15.9. The molecule has 6 nitrogen and oxygen atoms in total. The van der Waals surface area contributed by atoms with Gasteiger partial charge < -0.3 is 9.15 Å². The molecule has 3 aromatic carbocycles. The van der Waals surface area contributed by atoms with E-state index in [0.717, 1.165) is 32.9 Å². The summed E-state index contributed by atoms with van der Waals surface area (Å²) in [6.07, 6.45) is 1.67. The molecular weight excluding hydrogens is 368 g/mol. The van der Waals surface area contributed by atoms with Crippen molar-refractivity contribution in [3.05, 3.63) is 78.1 Å². The Morgan fingerprint density at radius 1 is 0.931 bits per heavy atom. The zero-order chi connectivity index (χ0) is 20.2. The van der Waals surface area contributed by atoms with Crippen molar-refractivity contribution in [3.63, 3.8) is 0 Å². The van der Waals surface area contributed by atoms with Crippen LogP contribution in [-0.4, -0.2) is 18.4 Å². The fourth-order valence-corrected chi connectivity index (χ4v) is 3.26. The predicted molar refractivity (Wildman–Crippen MR) is 110 cm³/mol. The Balaban J connectivity index is 1.37. The van der Waals surface area contributed by atoms with E-state index < -0.39 is 5.91 Å². The lowest BCUT2D eigenvalue weighted by atomic mass is 10.0. The molecule has 0 aliphatic rings. The standard InChI is InChI=1S/C23H20N2O4/c1-15-6-2-5-9-19(15)29-14-22(27)25-24-21(26)12-17-13-28-20-11-10-16-7-3-4-8-18(16)23(17)20/h2-11,13H,12,14H2,1H3,(H,24,26)(H,25,27). The summed E-state index contributed by atoms with van der Waals surface area (Å²) >= 11 is 0.